The normalized spacial score (nSPS) is 23.0. The minimum absolute atomic E-state index is 0. The second-order valence-corrected chi connectivity index (χ2v) is 13.0. The van der Waals surface area contributed by atoms with Gasteiger partial charge in [0.15, 0.2) is 0 Å². The fourth-order valence-corrected chi connectivity index (χ4v) is 5.96. The van der Waals surface area contributed by atoms with Gasteiger partial charge in [0.1, 0.15) is 29.2 Å². The Labute approximate surface area is 308 Å². The van der Waals surface area contributed by atoms with Gasteiger partial charge in [-0.25, -0.2) is 0 Å². The summed E-state index contributed by atoms with van der Waals surface area (Å²) < 4.78 is 10.9. The van der Waals surface area contributed by atoms with Crippen LogP contribution >= 0.6 is 0 Å². The summed E-state index contributed by atoms with van der Waals surface area (Å²) in [6.45, 7) is 27.8. The number of amidine groups is 1. The van der Waals surface area contributed by atoms with Crippen molar-refractivity contribution in [2.45, 2.75) is 118 Å². The van der Waals surface area contributed by atoms with Crippen molar-refractivity contribution >= 4 is 17.6 Å². The molecule has 51 heavy (non-hydrogen) atoms. The van der Waals surface area contributed by atoms with Crippen LogP contribution in [0.1, 0.15) is 105 Å². The first-order valence-electron chi connectivity index (χ1n) is 17.8. The van der Waals surface area contributed by atoms with Gasteiger partial charge in [-0.1, -0.05) is 93.7 Å². The number of benzene rings is 1. The highest BCUT2D eigenvalue weighted by Crippen LogP contribution is 2.41. The number of hydrogen-bond acceptors (Lipinski definition) is 7. The zero-order valence-electron chi connectivity index (χ0n) is 32.5. The minimum atomic E-state index is -0.815. The van der Waals surface area contributed by atoms with Crippen molar-refractivity contribution in [1.29, 1.82) is 0 Å². The molecule has 11 nitrogen and oxygen atoms in total. The van der Waals surface area contributed by atoms with Crippen molar-refractivity contribution in [2.24, 2.45) is 5.73 Å². The number of allylic oxidation sites excluding steroid dienone is 2. The van der Waals surface area contributed by atoms with E-state index in [0.717, 1.165) is 17.8 Å². The van der Waals surface area contributed by atoms with Crippen LogP contribution in [0.15, 0.2) is 66.7 Å². The van der Waals surface area contributed by atoms with Gasteiger partial charge in [0, 0.05) is 31.1 Å². The maximum Gasteiger partial charge on any atom is 0.255 e. The Morgan fingerprint density at radius 3 is 2.41 bits per heavy atom. The number of likely N-dealkylation sites (N-methyl/N-ethyl adjacent to an activating group) is 1. The van der Waals surface area contributed by atoms with Crippen LogP contribution in [0, 0.1) is 0 Å². The molecule has 0 bridgehead atoms. The summed E-state index contributed by atoms with van der Waals surface area (Å²) >= 11 is 0. The number of rotatable bonds is 8. The van der Waals surface area contributed by atoms with Crippen molar-refractivity contribution in [3.8, 4) is 5.75 Å². The standard InChI is InChI=1S/C24H35N5O3.C10H15NO2.C3H8.C2H6.CH4/c1-6-19(25)28-18-12-26-14(2)29-13-17(21(30)24(18,29)5)27-22(31)15-8-7-9-16-20(15)32-11-10-23(16,3)4;1-5-6-9(13-4)7-8(2)10(12)11-3;1-3-2;1-2;/h7-9,17-18,21,26,30H,2,6,10-13H2,1,3-5H3,(H2,25,28)(H,27,31);5-7H,2H2,1,3-4H3,(H,11,12);3H2,1-2H3;1-2H3;1H4/p+1/b;6-5-,9-7+;;;/t17?,18?,21-,24?;;;;/m1..../s1. The summed E-state index contributed by atoms with van der Waals surface area (Å²) in [5, 5.41) is 20.2. The van der Waals surface area contributed by atoms with E-state index in [0.29, 0.717) is 54.6 Å². The van der Waals surface area contributed by atoms with E-state index < -0.39 is 17.7 Å². The van der Waals surface area contributed by atoms with Gasteiger partial charge in [-0.05, 0) is 43.9 Å². The molecule has 1 aromatic rings. The number of para-hydroxylation sites is 1. The van der Waals surface area contributed by atoms with E-state index in [1.165, 1.54) is 6.42 Å². The van der Waals surface area contributed by atoms with E-state index in [1.807, 2.05) is 57.7 Å². The minimum Gasteiger partial charge on any atom is -0.497 e. The molecule has 1 aromatic carbocycles. The molecule has 0 aromatic heterocycles. The SMILES string of the molecule is C.C=C(/C=C(\C=C/C)OC)C(=O)NC.C=C1NCC([NH+]=C(N)CC)C2(C)[C@H](O)C(NC(=O)c3cccc4c3OCCC4(C)C)CN12.CC.CCC. The van der Waals surface area contributed by atoms with Gasteiger partial charge in [-0.2, -0.15) is 0 Å². The van der Waals surface area contributed by atoms with Gasteiger partial charge in [0.25, 0.3) is 11.8 Å². The molecule has 0 saturated carbocycles. The molecule has 0 radical (unpaired) electrons. The molecule has 0 aliphatic carbocycles. The van der Waals surface area contributed by atoms with Crippen molar-refractivity contribution in [2.75, 3.05) is 33.9 Å². The third-order valence-corrected chi connectivity index (χ3v) is 8.90. The first-order valence-corrected chi connectivity index (χ1v) is 17.8. The average molecular weight is 714 g/mol. The molecule has 0 spiro atoms. The lowest BCUT2D eigenvalue weighted by Gasteiger charge is -2.46. The highest BCUT2D eigenvalue weighted by Gasteiger charge is 2.58. The molecule has 288 valence electrons. The zero-order valence-corrected chi connectivity index (χ0v) is 32.5. The first kappa shape index (κ1) is 46.8. The van der Waals surface area contributed by atoms with Gasteiger partial charge in [-0.15, -0.1) is 0 Å². The summed E-state index contributed by atoms with van der Waals surface area (Å²) in [5.74, 6) is 2.21. The summed E-state index contributed by atoms with van der Waals surface area (Å²) in [5.41, 5.74) is 7.27. The molecular weight excluding hydrogens is 644 g/mol. The second kappa shape index (κ2) is 21.9. The van der Waals surface area contributed by atoms with Crippen LogP contribution in [-0.2, 0) is 14.9 Å². The smallest absolute Gasteiger partial charge is 0.255 e. The number of methoxy groups -OCH3 is 1. The van der Waals surface area contributed by atoms with Crippen molar-refractivity contribution in [1.82, 2.24) is 20.9 Å². The number of aliphatic hydroxyl groups excluding tert-OH is 1. The van der Waals surface area contributed by atoms with E-state index in [1.54, 1.807) is 32.4 Å². The molecular formula is C40H69N6O5+. The number of carbonyl (C=O) groups is 2. The maximum absolute atomic E-state index is 13.3. The third kappa shape index (κ3) is 11.6. The lowest BCUT2D eigenvalue weighted by Crippen LogP contribution is -2.92. The number of aliphatic hydroxyl groups is 1. The van der Waals surface area contributed by atoms with Crippen LogP contribution in [0.3, 0.4) is 0 Å². The molecule has 2 saturated heterocycles. The molecule has 4 rings (SSSR count). The van der Waals surface area contributed by atoms with E-state index in [-0.39, 0.29) is 30.7 Å². The second-order valence-electron chi connectivity index (χ2n) is 13.0. The molecule has 7 N–H and O–H groups in total. The Balaban J connectivity index is 0.00000111. The highest BCUT2D eigenvalue weighted by atomic mass is 16.5. The summed E-state index contributed by atoms with van der Waals surface area (Å²) in [4.78, 5) is 29.7. The first-order chi connectivity index (χ1) is 23.7. The molecule has 3 aliphatic heterocycles. The van der Waals surface area contributed by atoms with Crippen LogP contribution < -0.4 is 31.4 Å². The molecule has 4 atom stereocenters. The number of nitrogens with two attached hydrogens (primary N) is 1. The quantitative estimate of drug-likeness (QED) is 0.0777. The maximum atomic E-state index is 13.3. The van der Waals surface area contributed by atoms with Crippen molar-refractivity contribution in [3.05, 3.63) is 77.9 Å². The number of ether oxygens (including phenoxy) is 2. The van der Waals surface area contributed by atoms with Gasteiger partial charge in [-0.3, -0.25) is 20.3 Å². The van der Waals surface area contributed by atoms with Crippen LogP contribution in [0.2, 0.25) is 0 Å². The highest BCUT2D eigenvalue weighted by molar-refractivity contribution is 5.98. The van der Waals surface area contributed by atoms with Gasteiger partial charge >= 0.3 is 0 Å². The van der Waals surface area contributed by atoms with Gasteiger partial charge in [0.05, 0.1) is 37.7 Å². The van der Waals surface area contributed by atoms with E-state index in [4.69, 9.17) is 15.2 Å². The number of fused-ring (bicyclic) bond motifs is 2. The molecule has 3 aliphatic rings. The fraction of sp³-hybridized carbons (Fsp3) is 0.575. The lowest BCUT2D eigenvalue weighted by atomic mass is 9.79. The number of carbonyl (C=O) groups excluding carboxylic acids is 2. The largest absolute Gasteiger partial charge is 0.497 e. The monoisotopic (exact) mass is 714 g/mol. The Hall–Kier alpha value is -4.25. The van der Waals surface area contributed by atoms with Crippen LogP contribution in [0.4, 0.5) is 0 Å². The predicted octanol–water partition coefficient (Wildman–Crippen LogP) is 4.04. The van der Waals surface area contributed by atoms with Gasteiger partial charge in [0.2, 0.25) is 5.84 Å². The topological polar surface area (TPSA) is 152 Å². The summed E-state index contributed by atoms with van der Waals surface area (Å²) in [6, 6.07) is 5.10. The number of hydrogen-bond donors (Lipinski definition) is 6. The fourth-order valence-electron chi connectivity index (χ4n) is 5.96. The number of nitrogens with one attached hydrogen (secondary N) is 4. The van der Waals surface area contributed by atoms with Crippen LogP contribution in [-0.4, -0.2) is 85.2 Å². The van der Waals surface area contributed by atoms with E-state index >= 15 is 0 Å². The summed E-state index contributed by atoms with van der Waals surface area (Å²) in [7, 11) is 3.10. The number of amides is 2. The lowest BCUT2D eigenvalue weighted by molar-refractivity contribution is -0.525. The third-order valence-electron chi connectivity index (χ3n) is 8.90. The van der Waals surface area contributed by atoms with Crippen LogP contribution in [0.25, 0.3) is 0 Å². The average Bonchev–Trinajstić information content (AvgIpc) is 3.36. The van der Waals surface area contributed by atoms with Crippen LogP contribution in [0.5, 0.6) is 5.75 Å². The zero-order chi connectivity index (χ0) is 38.2. The van der Waals surface area contributed by atoms with Gasteiger partial charge < -0.3 is 35.4 Å². The predicted molar refractivity (Wildman–Crippen MR) is 210 cm³/mol. The molecule has 2 fully saturated rings. The Kier molecular flexibility index (Phi) is 20.0. The number of nitrogens with zero attached hydrogens (tertiary/aromatic N) is 1. The molecule has 11 heteroatoms. The Morgan fingerprint density at radius 2 is 1.86 bits per heavy atom. The molecule has 2 amide bonds. The Bertz CT molecular complexity index is 1400. The molecule has 3 unspecified atom stereocenters. The van der Waals surface area contributed by atoms with E-state index in [9.17, 15) is 14.7 Å². The summed E-state index contributed by atoms with van der Waals surface area (Å²) in [6.07, 6.45) is 7.20. The van der Waals surface area contributed by atoms with E-state index in [2.05, 4.69) is 61.8 Å². The molecule has 3 heterocycles. The van der Waals surface area contributed by atoms with Crippen molar-refractivity contribution < 1.29 is 29.2 Å². The van der Waals surface area contributed by atoms with Crippen molar-refractivity contribution in [3.63, 3.8) is 0 Å². The Morgan fingerprint density at radius 1 is 1.24 bits per heavy atom.